The molecule has 0 aliphatic rings. The van der Waals surface area contributed by atoms with E-state index >= 15 is 0 Å². The van der Waals surface area contributed by atoms with Gasteiger partial charge in [0, 0.05) is 6.54 Å². The van der Waals surface area contributed by atoms with E-state index in [0.29, 0.717) is 0 Å². The summed E-state index contributed by atoms with van der Waals surface area (Å²) in [4.78, 5) is 2.30. The number of rotatable bonds is 3. The summed E-state index contributed by atoms with van der Waals surface area (Å²) in [6.45, 7) is 6.45. The molecule has 0 N–H and O–H groups in total. The molecule has 1 rings (SSSR count). The third-order valence-corrected chi connectivity index (χ3v) is 2.11. The minimum absolute atomic E-state index is 1.05. The van der Waals surface area contributed by atoms with Gasteiger partial charge >= 0.3 is 0 Å². The maximum Gasteiger partial charge on any atom is 0.0230 e. The van der Waals surface area contributed by atoms with Gasteiger partial charge in [0.1, 0.15) is 0 Å². The topological polar surface area (TPSA) is 3.24 Å². The first-order valence-electron chi connectivity index (χ1n) is 4.46. The fourth-order valence-electron chi connectivity index (χ4n) is 1.12. The second-order valence-electron chi connectivity index (χ2n) is 3.32. The molecule has 0 saturated heterocycles. The largest absolute Gasteiger partial charge is 0.302 e. The monoisotopic (exact) mass is 163 g/mol. The first kappa shape index (κ1) is 9.27. The van der Waals surface area contributed by atoms with Crippen molar-refractivity contribution in [2.24, 2.45) is 0 Å². The van der Waals surface area contributed by atoms with Crippen LogP contribution in [0, 0.1) is 6.92 Å². The van der Waals surface area contributed by atoms with Crippen LogP contribution in [0.15, 0.2) is 24.3 Å². The summed E-state index contributed by atoms with van der Waals surface area (Å²) in [6, 6.07) is 8.72. The molecule has 0 fully saturated rings. The van der Waals surface area contributed by atoms with Gasteiger partial charge in [-0.2, -0.15) is 0 Å². The van der Waals surface area contributed by atoms with E-state index in [-0.39, 0.29) is 0 Å². The van der Waals surface area contributed by atoms with Crippen LogP contribution in [0.3, 0.4) is 0 Å². The Morgan fingerprint density at radius 1 is 1.17 bits per heavy atom. The highest BCUT2D eigenvalue weighted by Crippen LogP contribution is 2.05. The van der Waals surface area contributed by atoms with Crippen molar-refractivity contribution in [1.29, 1.82) is 0 Å². The lowest BCUT2D eigenvalue weighted by Crippen LogP contribution is -2.16. The van der Waals surface area contributed by atoms with Crippen molar-refractivity contribution >= 4 is 0 Å². The van der Waals surface area contributed by atoms with Crippen LogP contribution in [0.4, 0.5) is 0 Å². The zero-order chi connectivity index (χ0) is 8.97. The molecule has 12 heavy (non-hydrogen) atoms. The zero-order valence-electron chi connectivity index (χ0n) is 8.17. The molecular weight excluding hydrogens is 146 g/mol. The summed E-state index contributed by atoms with van der Waals surface area (Å²) in [7, 11) is 2.14. The van der Waals surface area contributed by atoms with Gasteiger partial charge in [-0.3, -0.25) is 0 Å². The summed E-state index contributed by atoms with van der Waals surface area (Å²) in [5.41, 5.74) is 2.72. The van der Waals surface area contributed by atoms with Gasteiger partial charge in [0.15, 0.2) is 0 Å². The van der Waals surface area contributed by atoms with Crippen molar-refractivity contribution in [2.75, 3.05) is 13.6 Å². The molecule has 0 aliphatic carbocycles. The Morgan fingerprint density at radius 2 is 1.75 bits per heavy atom. The molecule has 1 heteroatoms. The van der Waals surface area contributed by atoms with Crippen molar-refractivity contribution in [2.45, 2.75) is 20.4 Å². The van der Waals surface area contributed by atoms with Gasteiger partial charge in [0.2, 0.25) is 0 Å². The lowest BCUT2D eigenvalue weighted by Gasteiger charge is -2.13. The predicted molar refractivity (Wildman–Crippen MR) is 53.2 cm³/mol. The molecule has 0 atom stereocenters. The van der Waals surface area contributed by atoms with Gasteiger partial charge in [-0.25, -0.2) is 0 Å². The molecular formula is C11H17N. The van der Waals surface area contributed by atoms with Crippen LogP contribution in [-0.4, -0.2) is 18.5 Å². The van der Waals surface area contributed by atoms with Crippen LogP contribution in [0.25, 0.3) is 0 Å². The molecule has 0 radical (unpaired) electrons. The Hall–Kier alpha value is -0.820. The van der Waals surface area contributed by atoms with Crippen molar-refractivity contribution in [3.05, 3.63) is 35.4 Å². The van der Waals surface area contributed by atoms with Gasteiger partial charge in [0.05, 0.1) is 0 Å². The predicted octanol–water partition coefficient (Wildman–Crippen LogP) is 2.45. The average Bonchev–Trinajstić information content (AvgIpc) is 2.09. The first-order chi connectivity index (χ1) is 5.72. The van der Waals surface area contributed by atoms with Crippen molar-refractivity contribution in [3.63, 3.8) is 0 Å². The van der Waals surface area contributed by atoms with Gasteiger partial charge in [-0.05, 0) is 26.1 Å². The molecule has 0 heterocycles. The highest BCUT2D eigenvalue weighted by Gasteiger charge is 1.95. The molecule has 0 amide bonds. The Balaban J connectivity index is 2.58. The maximum atomic E-state index is 2.30. The molecule has 1 aromatic rings. The normalized spacial score (nSPS) is 10.7. The van der Waals surface area contributed by atoms with Crippen molar-refractivity contribution in [1.82, 2.24) is 4.90 Å². The second kappa shape index (κ2) is 4.27. The molecule has 0 saturated carbocycles. The number of hydrogen-bond acceptors (Lipinski definition) is 1. The van der Waals surface area contributed by atoms with E-state index in [1.54, 1.807) is 0 Å². The van der Waals surface area contributed by atoms with E-state index in [4.69, 9.17) is 0 Å². The van der Waals surface area contributed by atoms with E-state index < -0.39 is 0 Å². The fourth-order valence-corrected chi connectivity index (χ4v) is 1.12. The van der Waals surface area contributed by atoms with Crippen LogP contribution >= 0.6 is 0 Å². The molecule has 0 unspecified atom stereocenters. The number of hydrogen-bond donors (Lipinski definition) is 0. The molecule has 0 bridgehead atoms. The highest BCUT2D eigenvalue weighted by atomic mass is 15.1. The quantitative estimate of drug-likeness (QED) is 0.661. The van der Waals surface area contributed by atoms with E-state index in [1.165, 1.54) is 11.1 Å². The molecule has 1 nitrogen and oxygen atoms in total. The van der Waals surface area contributed by atoms with E-state index in [1.807, 2.05) is 0 Å². The average molecular weight is 163 g/mol. The van der Waals surface area contributed by atoms with Gasteiger partial charge in [0.25, 0.3) is 0 Å². The van der Waals surface area contributed by atoms with Crippen LogP contribution in [0.1, 0.15) is 18.1 Å². The lowest BCUT2D eigenvalue weighted by atomic mass is 10.1. The molecule has 0 spiro atoms. The first-order valence-corrected chi connectivity index (χ1v) is 4.46. The van der Waals surface area contributed by atoms with E-state index in [9.17, 15) is 0 Å². The van der Waals surface area contributed by atoms with Gasteiger partial charge in [-0.1, -0.05) is 36.8 Å². The highest BCUT2D eigenvalue weighted by molar-refractivity contribution is 5.21. The van der Waals surface area contributed by atoms with Crippen molar-refractivity contribution in [3.8, 4) is 0 Å². The standard InChI is InChI=1S/C11H17N/c1-4-12(3)9-11-7-5-10(2)6-8-11/h5-8H,4,9H2,1-3H3. The second-order valence-corrected chi connectivity index (χ2v) is 3.32. The molecule has 66 valence electrons. The van der Waals surface area contributed by atoms with E-state index in [0.717, 1.165) is 13.1 Å². The van der Waals surface area contributed by atoms with Crippen LogP contribution in [-0.2, 0) is 6.54 Å². The SMILES string of the molecule is CCN(C)Cc1ccc(C)cc1. The molecule has 0 aromatic heterocycles. The number of aryl methyl sites for hydroxylation is 1. The maximum absolute atomic E-state index is 2.30. The van der Waals surface area contributed by atoms with Gasteiger partial charge in [-0.15, -0.1) is 0 Å². The molecule has 1 aromatic carbocycles. The minimum Gasteiger partial charge on any atom is -0.302 e. The van der Waals surface area contributed by atoms with E-state index in [2.05, 4.69) is 50.1 Å². The fraction of sp³-hybridized carbons (Fsp3) is 0.455. The van der Waals surface area contributed by atoms with Crippen molar-refractivity contribution < 1.29 is 0 Å². The summed E-state index contributed by atoms with van der Waals surface area (Å²) in [6.07, 6.45) is 0. The third-order valence-electron chi connectivity index (χ3n) is 2.11. The number of benzene rings is 1. The lowest BCUT2D eigenvalue weighted by molar-refractivity contribution is 0.346. The van der Waals surface area contributed by atoms with Crippen LogP contribution in [0.5, 0.6) is 0 Å². The Morgan fingerprint density at radius 3 is 2.25 bits per heavy atom. The Kier molecular flexibility index (Phi) is 3.30. The summed E-state index contributed by atoms with van der Waals surface area (Å²) in [5, 5.41) is 0. The van der Waals surface area contributed by atoms with Gasteiger partial charge < -0.3 is 4.90 Å². The van der Waals surface area contributed by atoms with Crippen LogP contribution in [0.2, 0.25) is 0 Å². The third kappa shape index (κ3) is 2.67. The Bertz CT molecular complexity index is 225. The molecule has 0 aliphatic heterocycles. The summed E-state index contributed by atoms with van der Waals surface area (Å²) >= 11 is 0. The van der Waals surface area contributed by atoms with Crippen LogP contribution < -0.4 is 0 Å². The smallest absolute Gasteiger partial charge is 0.0230 e. The number of nitrogens with zero attached hydrogens (tertiary/aromatic N) is 1. The minimum atomic E-state index is 1.05. The summed E-state index contributed by atoms with van der Waals surface area (Å²) < 4.78 is 0. The summed E-state index contributed by atoms with van der Waals surface area (Å²) in [5.74, 6) is 0. The zero-order valence-corrected chi connectivity index (χ0v) is 8.17. The Labute approximate surface area is 75.0 Å².